The lowest BCUT2D eigenvalue weighted by molar-refractivity contribution is 0.0961. The topological polar surface area (TPSA) is 20.3 Å². The van der Waals surface area contributed by atoms with Crippen LogP contribution >= 0.6 is 11.6 Å². The van der Waals surface area contributed by atoms with Crippen molar-refractivity contribution in [3.63, 3.8) is 0 Å². The van der Waals surface area contributed by atoms with E-state index in [2.05, 4.69) is 11.9 Å². The van der Waals surface area contributed by atoms with Crippen molar-refractivity contribution in [2.45, 2.75) is 25.7 Å². The van der Waals surface area contributed by atoms with Crippen molar-refractivity contribution in [1.29, 1.82) is 0 Å². The summed E-state index contributed by atoms with van der Waals surface area (Å²) in [6.45, 7) is 1.98. The van der Waals surface area contributed by atoms with Crippen LogP contribution in [-0.4, -0.2) is 30.8 Å². The Morgan fingerprint density at radius 1 is 1.33 bits per heavy atom. The molecule has 1 aliphatic carbocycles. The molecule has 2 nitrogen and oxygen atoms in total. The molecule has 1 fully saturated rings. The molecule has 0 atom stereocenters. The van der Waals surface area contributed by atoms with Crippen LogP contribution in [0.3, 0.4) is 0 Å². The molecule has 1 aromatic carbocycles. The number of ketones is 1. The molecule has 0 aromatic heterocycles. The highest BCUT2D eigenvalue weighted by atomic mass is 35.5. The third-order valence-corrected chi connectivity index (χ3v) is 3.93. The van der Waals surface area contributed by atoms with Crippen molar-refractivity contribution in [2.75, 3.05) is 20.1 Å². The summed E-state index contributed by atoms with van der Waals surface area (Å²) in [4.78, 5) is 14.2. The summed E-state index contributed by atoms with van der Waals surface area (Å²) in [5.41, 5.74) is 0.761. The molecule has 0 aliphatic heterocycles. The van der Waals surface area contributed by atoms with E-state index in [1.165, 1.54) is 19.3 Å². The monoisotopic (exact) mass is 265 g/mol. The lowest BCUT2D eigenvalue weighted by atomic mass is 9.85. The van der Waals surface area contributed by atoms with Crippen LogP contribution in [0.25, 0.3) is 0 Å². The second-order valence-electron chi connectivity index (χ2n) is 5.24. The summed E-state index contributed by atoms with van der Waals surface area (Å²) in [7, 11) is 2.10. The van der Waals surface area contributed by atoms with E-state index < -0.39 is 0 Å². The Balaban J connectivity index is 1.75. The van der Waals surface area contributed by atoms with Gasteiger partial charge >= 0.3 is 0 Å². The predicted octanol–water partition coefficient (Wildman–Crippen LogP) is 3.64. The minimum Gasteiger partial charge on any atom is -0.306 e. The van der Waals surface area contributed by atoms with Gasteiger partial charge in [-0.25, -0.2) is 0 Å². The third kappa shape index (κ3) is 3.82. The van der Waals surface area contributed by atoms with Crippen LogP contribution < -0.4 is 0 Å². The molecule has 0 saturated heterocycles. The number of rotatable bonds is 6. The van der Waals surface area contributed by atoms with Crippen molar-refractivity contribution in [3.05, 3.63) is 34.9 Å². The summed E-state index contributed by atoms with van der Waals surface area (Å²) in [5, 5.41) is 0.675. The maximum absolute atomic E-state index is 12.0. The average Bonchev–Trinajstić information content (AvgIpc) is 2.32. The van der Waals surface area contributed by atoms with Gasteiger partial charge in [-0.3, -0.25) is 4.79 Å². The minimum absolute atomic E-state index is 0.201. The van der Waals surface area contributed by atoms with Gasteiger partial charge in [-0.1, -0.05) is 18.0 Å². The molecule has 0 radical (unpaired) electrons. The number of nitrogens with zero attached hydrogens (tertiary/aromatic N) is 1. The van der Waals surface area contributed by atoms with Crippen LogP contribution in [0.2, 0.25) is 5.02 Å². The van der Waals surface area contributed by atoms with E-state index in [1.807, 2.05) is 0 Å². The van der Waals surface area contributed by atoms with Crippen molar-refractivity contribution < 1.29 is 4.79 Å². The van der Waals surface area contributed by atoms with E-state index in [-0.39, 0.29) is 5.78 Å². The van der Waals surface area contributed by atoms with E-state index in [0.29, 0.717) is 11.4 Å². The molecule has 0 N–H and O–H groups in total. The molecule has 2 rings (SSSR count). The molecule has 98 valence electrons. The van der Waals surface area contributed by atoms with Gasteiger partial charge in [0.2, 0.25) is 0 Å². The van der Waals surface area contributed by atoms with Crippen LogP contribution in [0.5, 0.6) is 0 Å². The van der Waals surface area contributed by atoms with Crippen LogP contribution in [0, 0.1) is 5.92 Å². The molecule has 0 amide bonds. The van der Waals surface area contributed by atoms with Crippen molar-refractivity contribution >= 4 is 17.4 Å². The summed E-state index contributed by atoms with van der Waals surface area (Å²) >= 11 is 5.80. The molecule has 18 heavy (non-hydrogen) atoms. The number of benzene rings is 1. The molecule has 0 bridgehead atoms. The van der Waals surface area contributed by atoms with Gasteiger partial charge in [-0.2, -0.15) is 0 Å². The standard InChI is InChI=1S/C15H20ClNO/c1-17(11-12-3-2-4-12)10-9-15(18)13-5-7-14(16)8-6-13/h5-8,12H,2-4,9-11H2,1H3. The Morgan fingerprint density at radius 2 is 2.00 bits per heavy atom. The highest BCUT2D eigenvalue weighted by molar-refractivity contribution is 6.30. The maximum atomic E-state index is 12.0. The minimum atomic E-state index is 0.201. The number of carbonyl (C=O) groups is 1. The molecule has 1 aliphatic rings. The predicted molar refractivity (Wildman–Crippen MR) is 75.2 cm³/mol. The number of Topliss-reactive ketones (excluding diaryl/α,β-unsaturated/α-hetero) is 1. The molecular weight excluding hydrogens is 246 g/mol. The highest BCUT2D eigenvalue weighted by Gasteiger charge is 2.19. The van der Waals surface area contributed by atoms with Crippen LogP contribution in [0.1, 0.15) is 36.0 Å². The van der Waals surface area contributed by atoms with E-state index >= 15 is 0 Å². The summed E-state index contributed by atoms with van der Waals surface area (Å²) in [6.07, 6.45) is 4.68. The van der Waals surface area contributed by atoms with Gasteiger partial charge in [0.05, 0.1) is 0 Å². The first-order valence-corrected chi connectivity index (χ1v) is 7.00. The van der Waals surface area contributed by atoms with Gasteiger partial charge in [0.25, 0.3) is 0 Å². The third-order valence-electron chi connectivity index (χ3n) is 3.68. The fraction of sp³-hybridized carbons (Fsp3) is 0.533. The molecule has 0 heterocycles. The summed E-state index contributed by atoms with van der Waals surface area (Å²) in [5.74, 6) is 1.06. The van der Waals surface area contributed by atoms with E-state index in [4.69, 9.17) is 11.6 Å². The van der Waals surface area contributed by atoms with E-state index in [0.717, 1.165) is 24.6 Å². The fourth-order valence-corrected chi connectivity index (χ4v) is 2.41. The highest BCUT2D eigenvalue weighted by Crippen LogP contribution is 2.26. The zero-order valence-electron chi connectivity index (χ0n) is 10.9. The molecule has 3 heteroatoms. The zero-order valence-corrected chi connectivity index (χ0v) is 11.6. The van der Waals surface area contributed by atoms with Gasteiger partial charge in [-0.15, -0.1) is 0 Å². The second kappa shape index (κ2) is 6.35. The first kappa shape index (κ1) is 13.6. The SMILES string of the molecule is CN(CCC(=O)c1ccc(Cl)cc1)CC1CCC1. The lowest BCUT2D eigenvalue weighted by Gasteiger charge is -2.29. The molecule has 1 aromatic rings. The molecule has 0 spiro atoms. The molecular formula is C15H20ClNO. The average molecular weight is 266 g/mol. The fourth-order valence-electron chi connectivity index (χ4n) is 2.28. The lowest BCUT2D eigenvalue weighted by Crippen LogP contribution is -2.31. The summed E-state index contributed by atoms with van der Waals surface area (Å²) < 4.78 is 0. The Labute approximate surface area is 114 Å². The van der Waals surface area contributed by atoms with Gasteiger partial charge in [0, 0.05) is 30.1 Å². The largest absolute Gasteiger partial charge is 0.306 e. The van der Waals surface area contributed by atoms with Crippen molar-refractivity contribution in [3.8, 4) is 0 Å². The quantitative estimate of drug-likeness (QED) is 0.732. The van der Waals surface area contributed by atoms with Gasteiger partial charge in [0.15, 0.2) is 5.78 Å². The Morgan fingerprint density at radius 3 is 2.56 bits per heavy atom. The smallest absolute Gasteiger partial charge is 0.164 e. The maximum Gasteiger partial charge on any atom is 0.164 e. The first-order chi connectivity index (χ1) is 8.65. The van der Waals surface area contributed by atoms with Crippen LogP contribution in [-0.2, 0) is 0 Å². The van der Waals surface area contributed by atoms with Gasteiger partial charge in [-0.05, 0) is 50.1 Å². The zero-order chi connectivity index (χ0) is 13.0. The first-order valence-electron chi connectivity index (χ1n) is 6.62. The van der Waals surface area contributed by atoms with Gasteiger partial charge in [0.1, 0.15) is 0 Å². The van der Waals surface area contributed by atoms with E-state index in [1.54, 1.807) is 24.3 Å². The van der Waals surface area contributed by atoms with Crippen molar-refractivity contribution in [2.24, 2.45) is 5.92 Å². The van der Waals surface area contributed by atoms with Crippen LogP contribution in [0.4, 0.5) is 0 Å². The Bertz CT molecular complexity index is 397. The number of carbonyl (C=O) groups excluding carboxylic acids is 1. The van der Waals surface area contributed by atoms with Crippen molar-refractivity contribution in [1.82, 2.24) is 4.90 Å². The molecule has 0 unspecified atom stereocenters. The molecule has 1 saturated carbocycles. The Kier molecular flexibility index (Phi) is 4.79. The number of hydrogen-bond acceptors (Lipinski definition) is 2. The normalized spacial score (nSPS) is 15.7. The van der Waals surface area contributed by atoms with E-state index in [9.17, 15) is 4.79 Å². The summed E-state index contributed by atoms with van der Waals surface area (Å²) in [6, 6.07) is 7.15. The van der Waals surface area contributed by atoms with Gasteiger partial charge < -0.3 is 4.90 Å². The van der Waals surface area contributed by atoms with Crippen LogP contribution in [0.15, 0.2) is 24.3 Å². The number of halogens is 1. The Hall–Kier alpha value is -0.860. The number of hydrogen-bond donors (Lipinski definition) is 0. The second-order valence-corrected chi connectivity index (χ2v) is 5.68.